The van der Waals surface area contributed by atoms with Crippen molar-refractivity contribution in [3.05, 3.63) is 65.7 Å². The third kappa shape index (κ3) is 7.52. The second-order valence-corrected chi connectivity index (χ2v) is 7.59. The number of nitrogens with one attached hydrogen (secondary N) is 2. The SMILES string of the molecule is CC(C)(C)NC(=O)OC(Cc1ccc(OCc2ccccc2)cc1)C(=O)NS. The minimum Gasteiger partial charge on any atom is -0.489 e. The lowest BCUT2D eigenvalue weighted by Gasteiger charge is -2.23. The molecule has 0 aromatic heterocycles. The summed E-state index contributed by atoms with van der Waals surface area (Å²) in [6.07, 6.45) is -1.42. The Morgan fingerprint density at radius 1 is 1.00 bits per heavy atom. The van der Waals surface area contributed by atoms with Crippen molar-refractivity contribution in [1.82, 2.24) is 10.0 Å². The third-order valence-corrected chi connectivity index (χ3v) is 3.94. The normalized spacial score (nSPS) is 12.0. The molecule has 2 amide bonds. The summed E-state index contributed by atoms with van der Waals surface area (Å²) < 4.78 is 13.3. The number of rotatable bonds is 7. The highest BCUT2D eigenvalue weighted by Gasteiger charge is 2.25. The van der Waals surface area contributed by atoms with Crippen molar-refractivity contribution in [2.75, 3.05) is 0 Å². The molecule has 2 aromatic rings. The molecule has 2 rings (SSSR count). The Bertz CT molecular complexity index is 773. The van der Waals surface area contributed by atoms with Gasteiger partial charge in [-0.25, -0.2) is 4.79 Å². The van der Waals surface area contributed by atoms with E-state index in [0.29, 0.717) is 12.4 Å². The summed E-state index contributed by atoms with van der Waals surface area (Å²) in [6, 6.07) is 17.2. The van der Waals surface area contributed by atoms with Gasteiger partial charge < -0.3 is 14.8 Å². The van der Waals surface area contributed by atoms with Gasteiger partial charge in [-0.3, -0.25) is 9.52 Å². The molecule has 2 N–H and O–H groups in total. The monoisotopic (exact) mass is 402 g/mol. The molecule has 0 aliphatic heterocycles. The molecule has 0 fully saturated rings. The summed E-state index contributed by atoms with van der Waals surface area (Å²) in [7, 11) is 0. The number of amides is 2. The van der Waals surface area contributed by atoms with Gasteiger partial charge in [0.25, 0.3) is 5.91 Å². The molecule has 0 heterocycles. The third-order valence-electron chi connectivity index (χ3n) is 3.72. The second kappa shape index (κ2) is 10.0. The highest BCUT2D eigenvalue weighted by molar-refractivity contribution is 7.78. The molecule has 0 saturated carbocycles. The summed E-state index contributed by atoms with van der Waals surface area (Å²) in [5, 5.41) is 2.67. The molecular weight excluding hydrogens is 376 g/mol. The number of ether oxygens (including phenoxy) is 2. The molecule has 2 aromatic carbocycles. The van der Waals surface area contributed by atoms with Gasteiger partial charge in [-0.1, -0.05) is 55.3 Å². The zero-order chi connectivity index (χ0) is 20.6. The number of carbonyl (C=O) groups excluding carboxylic acids is 2. The van der Waals surface area contributed by atoms with Crippen LogP contribution in [0.15, 0.2) is 54.6 Å². The molecule has 6 nitrogen and oxygen atoms in total. The first kappa shape index (κ1) is 21.6. The van der Waals surface area contributed by atoms with Crippen molar-refractivity contribution in [3.8, 4) is 5.75 Å². The quantitative estimate of drug-likeness (QED) is 0.618. The van der Waals surface area contributed by atoms with Gasteiger partial charge in [0, 0.05) is 12.0 Å². The summed E-state index contributed by atoms with van der Waals surface area (Å²) in [4.78, 5) is 24.0. The maximum atomic E-state index is 12.0. The first-order valence-corrected chi connectivity index (χ1v) is 9.40. The molecule has 7 heteroatoms. The average molecular weight is 403 g/mol. The Kier molecular flexibility index (Phi) is 7.75. The first-order chi connectivity index (χ1) is 13.3. The van der Waals surface area contributed by atoms with E-state index in [2.05, 4.69) is 22.9 Å². The zero-order valence-electron chi connectivity index (χ0n) is 16.3. The van der Waals surface area contributed by atoms with Crippen molar-refractivity contribution < 1.29 is 19.1 Å². The standard InChI is InChI=1S/C21H26N2O4S/c1-21(2,3)22-20(25)27-18(19(24)23-28)13-15-9-11-17(12-10-15)26-14-16-7-5-4-6-8-16/h4-12,18,28H,13-14H2,1-3H3,(H,22,25)(H,23,24). The van der Waals surface area contributed by atoms with Crippen LogP contribution in [0.25, 0.3) is 0 Å². The van der Waals surface area contributed by atoms with Gasteiger partial charge in [0.15, 0.2) is 6.10 Å². The highest BCUT2D eigenvalue weighted by atomic mass is 32.1. The maximum Gasteiger partial charge on any atom is 0.408 e. The number of thiol groups is 1. The predicted octanol–water partition coefficient (Wildman–Crippen LogP) is 3.66. The summed E-state index contributed by atoms with van der Waals surface area (Å²) >= 11 is 3.78. The van der Waals surface area contributed by atoms with E-state index in [-0.39, 0.29) is 6.42 Å². The van der Waals surface area contributed by atoms with Crippen LogP contribution in [0.4, 0.5) is 4.79 Å². The van der Waals surface area contributed by atoms with Crippen LogP contribution in [-0.2, 0) is 22.6 Å². The Labute approximate surface area is 171 Å². The molecule has 0 saturated heterocycles. The number of hydrogen-bond donors (Lipinski definition) is 3. The van der Waals surface area contributed by atoms with Crippen LogP contribution in [-0.4, -0.2) is 23.6 Å². The highest BCUT2D eigenvalue weighted by Crippen LogP contribution is 2.16. The fourth-order valence-electron chi connectivity index (χ4n) is 2.40. The van der Waals surface area contributed by atoms with E-state index in [1.165, 1.54) is 0 Å². The van der Waals surface area contributed by atoms with E-state index in [4.69, 9.17) is 9.47 Å². The van der Waals surface area contributed by atoms with Crippen molar-refractivity contribution >= 4 is 24.8 Å². The fraction of sp³-hybridized carbons (Fsp3) is 0.333. The van der Waals surface area contributed by atoms with Crippen molar-refractivity contribution in [3.63, 3.8) is 0 Å². The smallest absolute Gasteiger partial charge is 0.408 e. The van der Waals surface area contributed by atoms with Crippen LogP contribution < -0.4 is 14.8 Å². The molecular formula is C21H26N2O4S. The number of alkyl carbamates (subject to hydrolysis) is 1. The topological polar surface area (TPSA) is 76.7 Å². The van der Waals surface area contributed by atoms with Gasteiger partial charge in [0.05, 0.1) is 0 Å². The maximum absolute atomic E-state index is 12.0. The molecule has 1 atom stereocenters. The minimum absolute atomic E-state index is 0.225. The van der Waals surface area contributed by atoms with Crippen molar-refractivity contribution in [2.45, 2.75) is 45.4 Å². The zero-order valence-corrected chi connectivity index (χ0v) is 17.2. The largest absolute Gasteiger partial charge is 0.489 e. The van der Waals surface area contributed by atoms with Crippen LogP contribution in [0.1, 0.15) is 31.9 Å². The molecule has 1 unspecified atom stereocenters. The Morgan fingerprint density at radius 2 is 1.64 bits per heavy atom. The van der Waals surface area contributed by atoms with E-state index < -0.39 is 23.6 Å². The van der Waals surface area contributed by atoms with Crippen molar-refractivity contribution in [1.29, 1.82) is 0 Å². The van der Waals surface area contributed by atoms with Crippen LogP contribution in [0.5, 0.6) is 5.75 Å². The molecule has 28 heavy (non-hydrogen) atoms. The minimum atomic E-state index is -0.990. The van der Waals surface area contributed by atoms with E-state index in [0.717, 1.165) is 11.1 Å². The van der Waals surface area contributed by atoms with Gasteiger partial charge in [-0.15, -0.1) is 0 Å². The molecule has 0 radical (unpaired) electrons. The van der Waals surface area contributed by atoms with E-state index in [1.807, 2.05) is 75.4 Å². The van der Waals surface area contributed by atoms with Gasteiger partial charge in [-0.05, 0) is 44.0 Å². The lowest BCUT2D eigenvalue weighted by atomic mass is 10.1. The Morgan fingerprint density at radius 3 is 2.21 bits per heavy atom. The second-order valence-electron chi connectivity index (χ2n) is 7.37. The molecule has 150 valence electrons. The lowest BCUT2D eigenvalue weighted by Crippen LogP contribution is -2.45. The molecule has 0 aliphatic carbocycles. The number of carbonyl (C=O) groups is 2. The number of benzene rings is 2. The molecule has 0 bridgehead atoms. The Hall–Kier alpha value is -2.67. The summed E-state index contributed by atoms with van der Waals surface area (Å²) in [6.45, 7) is 5.96. The molecule has 0 spiro atoms. The number of hydrogen-bond acceptors (Lipinski definition) is 5. The van der Waals surface area contributed by atoms with Gasteiger partial charge in [-0.2, -0.15) is 0 Å². The van der Waals surface area contributed by atoms with Crippen LogP contribution in [0.2, 0.25) is 0 Å². The van der Waals surface area contributed by atoms with E-state index in [1.54, 1.807) is 0 Å². The lowest BCUT2D eigenvalue weighted by molar-refractivity contribution is -0.127. The Balaban J connectivity index is 1.96. The predicted molar refractivity (Wildman–Crippen MR) is 111 cm³/mol. The average Bonchev–Trinajstić information content (AvgIpc) is 2.65. The van der Waals surface area contributed by atoms with E-state index >= 15 is 0 Å². The summed E-state index contributed by atoms with van der Waals surface area (Å²) in [5.74, 6) is 0.228. The van der Waals surface area contributed by atoms with Crippen molar-refractivity contribution in [2.24, 2.45) is 0 Å². The van der Waals surface area contributed by atoms with Gasteiger partial charge >= 0.3 is 6.09 Å². The van der Waals surface area contributed by atoms with Gasteiger partial charge in [0.2, 0.25) is 0 Å². The fourth-order valence-corrected chi connectivity index (χ4v) is 2.55. The molecule has 0 aliphatic rings. The van der Waals surface area contributed by atoms with E-state index in [9.17, 15) is 9.59 Å². The summed E-state index contributed by atoms with van der Waals surface area (Å²) in [5.41, 5.74) is 1.45. The van der Waals surface area contributed by atoms with Crippen LogP contribution in [0, 0.1) is 0 Å². The van der Waals surface area contributed by atoms with Crippen LogP contribution >= 0.6 is 12.8 Å². The van der Waals surface area contributed by atoms with Crippen LogP contribution in [0.3, 0.4) is 0 Å². The first-order valence-electron chi connectivity index (χ1n) is 8.95. The van der Waals surface area contributed by atoms with Gasteiger partial charge in [0.1, 0.15) is 12.4 Å².